The van der Waals surface area contributed by atoms with E-state index in [1.54, 1.807) is 30.5 Å². The van der Waals surface area contributed by atoms with E-state index >= 15 is 0 Å². The number of sulfone groups is 1. The highest BCUT2D eigenvalue weighted by molar-refractivity contribution is 7.90. The molecule has 0 radical (unpaired) electrons. The number of aryl methyl sites for hydroxylation is 1. The van der Waals surface area contributed by atoms with E-state index in [0.717, 1.165) is 11.1 Å². The summed E-state index contributed by atoms with van der Waals surface area (Å²) >= 11 is 0. The smallest absolute Gasteiger partial charge is 0.220 e. The van der Waals surface area contributed by atoms with Gasteiger partial charge in [0.15, 0.2) is 9.84 Å². The molecule has 0 aliphatic carbocycles. The lowest BCUT2D eigenvalue weighted by Gasteiger charge is -2.06. The summed E-state index contributed by atoms with van der Waals surface area (Å²) in [6.07, 6.45) is 2.82. The Morgan fingerprint density at radius 2 is 1.78 bits per heavy atom. The first-order valence-electron chi connectivity index (χ1n) is 5.27. The lowest BCUT2D eigenvalue weighted by Crippen LogP contribution is -1.99. The molecular weight excluding hydrogens is 250 g/mol. The molecule has 0 atom stereocenters. The van der Waals surface area contributed by atoms with Gasteiger partial charge < -0.3 is 5.73 Å². The lowest BCUT2D eigenvalue weighted by molar-refractivity contribution is 0.602. The van der Waals surface area contributed by atoms with Crippen molar-refractivity contribution in [1.29, 1.82) is 0 Å². The van der Waals surface area contributed by atoms with Crippen LogP contribution < -0.4 is 5.73 Å². The van der Waals surface area contributed by atoms with E-state index < -0.39 is 9.84 Å². The first-order chi connectivity index (χ1) is 8.38. The second-order valence-electron chi connectivity index (χ2n) is 4.06. The molecule has 0 saturated heterocycles. The highest BCUT2D eigenvalue weighted by Crippen LogP contribution is 2.22. The summed E-state index contributed by atoms with van der Waals surface area (Å²) in [5, 5.41) is 0. The van der Waals surface area contributed by atoms with Crippen LogP contribution in [-0.2, 0) is 9.84 Å². The van der Waals surface area contributed by atoms with Gasteiger partial charge in [-0.05, 0) is 24.6 Å². The van der Waals surface area contributed by atoms with Gasteiger partial charge in [-0.3, -0.25) is 0 Å². The number of benzene rings is 1. The van der Waals surface area contributed by atoms with E-state index in [4.69, 9.17) is 5.73 Å². The summed E-state index contributed by atoms with van der Waals surface area (Å²) in [6.45, 7) is 1.87. The summed E-state index contributed by atoms with van der Waals surface area (Å²) in [5.74, 6) is 0.197. The molecule has 2 aromatic rings. The van der Waals surface area contributed by atoms with Gasteiger partial charge in [-0.25, -0.2) is 18.4 Å². The van der Waals surface area contributed by atoms with Gasteiger partial charge in [0.2, 0.25) is 5.95 Å². The molecule has 0 spiro atoms. The largest absolute Gasteiger partial charge is 0.368 e. The number of hydrogen-bond donors (Lipinski definition) is 1. The number of nitrogens with zero attached hydrogens (tertiary/aromatic N) is 2. The highest BCUT2D eigenvalue weighted by Gasteiger charge is 2.09. The maximum Gasteiger partial charge on any atom is 0.220 e. The van der Waals surface area contributed by atoms with Crippen molar-refractivity contribution in [3.05, 3.63) is 36.0 Å². The molecule has 0 aliphatic rings. The van der Waals surface area contributed by atoms with Gasteiger partial charge in [0.05, 0.1) is 10.6 Å². The van der Waals surface area contributed by atoms with Crippen LogP contribution in [-0.4, -0.2) is 24.6 Å². The first kappa shape index (κ1) is 12.5. The second-order valence-corrected chi connectivity index (χ2v) is 6.07. The monoisotopic (exact) mass is 263 g/mol. The Bertz CT molecular complexity index is 679. The first-order valence-corrected chi connectivity index (χ1v) is 7.16. The number of nitrogens with two attached hydrogens (primary N) is 1. The van der Waals surface area contributed by atoms with Crippen molar-refractivity contribution < 1.29 is 8.42 Å². The minimum absolute atomic E-state index is 0.197. The molecule has 1 aromatic carbocycles. The fourth-order valence-electron chi connectivity index (χ4n) is 1.61. The predicted molar refractivity (Wildman–Crippen MR) is 69.7 cm³/mol. The van der Waals surface area contributed by atoms with Crippen LogP contribution in [0.4, 0.5) is 5.95 Å². The minimum Gasteiger partial charge on any atom is -0.368 e. The lowest BCUT2D eigenvalue weighted by atomic mass is 10.1. The van der Waals surface area contributed by atoms with Crippen molar-refractivity contribution in [2.75, 3.05) is 12.0 Å². The maximum atomic E-state index is 11.4. The standard InChI is InChI=1S/C12H13N3O2S/c1-8-7-14-12(13)15-11(8)9-3-5-10(6-4-9)18(2,16)17/h3-7H,1-2H3,(H2,13,14,15). The molecule has 6 heteroatoms. The molecule has 0 aliphatic heterocycles. The average Bonchev–Trinajstić information content (AvgIpc) is 2.31. The molecule has 1 aromatic heterocycles. The third kappa shape index (κ3) is 2.48. The second kappa shape index (κ2) is 4.38. The molecule has 0 unspecified atom stereocenters. The normalized spacial score (nSPS) is 11.4. The Kier molecular flexibility index (Phi) is 3.04. The van der Waals surface area contributed by atoms with Gasteiger partial charge in [0, 0.05) is 18.0 Å². The quantitative estimate of drug-likeness (QED) is 0.886. The number of anilines is 1. The zero-order valence-electron chi connectivity index (χ0n) is 10.1. The van der Waals surface area contributed by atoms with Crippen LogP contribution in [0.15, 0.2) is 35.4 Å². The molecule has 2 N–H and O–H groups in total. The zero-order valence-corrected chi connectivity index (χ0v) is 10.9. The number of aromatic nitrogens is 2. The Labute approximate surface area is 106 Å². The molecule has 94 valence electrons. The Balaban J connectivity index is 2.50. The van der Waals surface area contributed by atoms with Gasteiger partial charge in [0.25, 0.3) is 0 Å². The van der Waals surface area contributed by atoms with Crippen LogP contribution in [0.3, 0.4) is 0 Å². The van der Waals surface area contributed by atoms with Crippen molar-refractivity contribution in [2.24, 2.45) is 0 Å². The van der Waals surface area contributed by atoms with Crippen LogP contribution in [0.1, 0.15) is 5.56 Å². The Morgan fingerprint density at radius 3 is 2.33 bits per heavy atom. The van der Waals surface area contributed by atoms with Crippen LogP contribution in [0.5, 0.6) is 0 Å². The fourth-order valence-corrected chi connectivity index (χ4v) is 2.24. The van der Waals surface area contributed by atoms with E-state index in [9.17, 15) is 8.42 Å². The topological polar surface area (TPSA) is 85.9 Å². The minimum atomic E-state index is -3.18. The van der Waals surface area contributed by atoms with Crippen molar-refractivity contribution in [1.82, 2.24) is 9.97 Å². The van der Waals surface area contributed by atoms with E-state index in [1.165, 1.54) is 6.26 Å². The summed E-state index contributed by atoms with van der Waals surface area (Å²) in [5.41, 5.74) is 7.96. The summed E-state index contributed by atoms with van der Waals surface area (Å²) in [4.78, 5) is 8.33. The van der Waals surface area contributed by atoms with Crippen LogP contribution in [0.25, 0.3) is 11.3 Å². The molecular formula is C12H13N3O2S. The van der Waals surface area contributed by atoms with Crippen LogP contribution in [0, 0.1) is 6.92 Å². The predicted octanol–water partition coefficient (Wildman–Crippen LogP) is 1.44. The van der Waals surface area contributed by atoms with E-state index in [0.29, 0.717) is 5.69 Å². The summed E-state index contributed by atoms with van der Waals surface area (Å²) in [6, 6.07) is 6.54. The molecule has 2 rings (SSSR count). The van der Waals surface area contributed by atoms with Gasteiger partial charge in [0.1, 0.15) is 0 Å². The summed E-state index contributed by atoms with van der Waals surface area (Å²) < 4.78 is 22.7. The molecule has 0 amide bonds. The molecule has 0 saturated carbocycles. The SMILES string of the molecule is Cc1cnc(N)nc1-c1ccc(S(C)(=O)=O)cc1. The molecule has 5 nitrogen and oxygen atoms in total. The summed E-state index contributed by atoms with van der Waals surface area (Å²) in [7, 11) is -3.18. The average molecular weight is 263 g/mol. The van der Waals surface area contributed by atoms with E-state index in [2.05, 4.69) is 9.97 Å². The van der Waals surface area contributed by atoms with E-state index in [-0.39, 0.29) is 10.8 Å². The molecule has 0 bridgehead atoms. The Hall–Kier alpha value is -1.95. The number of hydrogen-bond acceptors (Lipinski definition) is 5. The van der Waals surface area contributed by atoms with Gasteiger partial charge in [-0.15, -0.1) is 0 Å². The number of nitrogen functional groups attached to an aromatic ring is 1. The highest BCUT2D eigenvalue weighted by atomic mass is 32.2. The third-order valence-electron chi connectivity index (χ3n) is 2.55. The maximum absolute atomic E-state index is 11.4. The molecule has 18 heavy (non-hydrogen) atoms. The van der Waals surface area contributed by atoms with Crippen LogP contribution >= 0.6 is 0 Å². The fraction of sp³-hybridized carbons (Fsp3) is 0.167. The zero-order chi connectivity index (χ0) is 13.3. The van der Waals surface area contributed by atoms with Crippen molar-refractivity contribution in [2.45, 2.75) is 11.8 Å². The molecule has 0 fully saturated rings. The van der Waals surface area contributed by atoms with E-state index in [1.807, 2.05) is 6.92 Å². The van der Waals surface area contributed by atoms with Crippen molar-refractivity contribution in [3.8, 4) is 11.3 Å². The van der Waals surface area contributed by atoms with Gasteiger partial charge >= 0.3 is 0 Å². The molecule has 1 heterocycles. The third-order valence-corrected chi connectivity index (χ3v) is 3.67. The van der Waals surface area contributed by atoms with Gasteiger partial charge in [-0.1, -0.05) is 12.1 Å². The number of rotatable bonds is 2. The van der Waals surface area contributed by atoms with Crippen molar-refractivity contribution >= 4 is 15.8 Å². The van der Waals surface area contributed by atoms with Crippen molar-refractivity contribution in [3.63, 3.8) is 0 Å². The van der Waals surface area contributed by atoms with Crippen LogP contribution in [0.2, 0.25) is 0 Å². The van der Waals surface area contributed by atoms with Gasteiger partial charge in [-0.2, -0.15) is 0 Å². The Morgan fingerprint density at radius 1 is 1.17 bits per heavy atom.